The Morgan fingerprint density at radius 1 is 0.852 bits per heavy atom. The zero-order valence-electron chi connectivity index (χ0n) is 20.7. The van der Waals surface area contributed by atoms with Crippen LogP contribution >= 0.6 is 0 Å². The first-order valence-corrected chi connectivity index (χ1v) is 11.5. The van der Waals surface area contributed by atoms with Crippen molar-refractivity contribution in [1.82, 2.24) is 9.80 Å². The monoisotopic (exact) mass is 382 g/mol. The summed E-state index contributed by atoms with van der Waals surface area (Å²) < 4.78 is 2.26. The third-order valence-corrected chi connectivity index (χ3v) is 8.10. The second-order valence-electron chi connectivity index (χ2n) is 11.5. The molecule has 27 heavy (non-hydrogen) atoms. The van der Waals surface area contributed by atoms with Crippen LogP contribution in [-0.2, 0) is 0 Å². The predicted octanol–water partition coefficient (Wildman–Crippen LogP) is 4.32. The lowest BCUT2D eigenvalue weighted by atomic mass is 9.99. The maximum Gasteiger partial charge on any atom is 0.357 e. The van der Waals surface area contributed by atoms with Crippen LogP contribution in [0, 0.1) is 0 Å². The van der Waals surface area contributed by atoms with E-state index in [1.165, 1.54) is 39.0 Å². The summed E-state index contributed by atoms with van der Waals surface area (Å²) in [5, 5.41) is 0. The largest absolute Gasteiger partial charge is 0.357 e. The quantitative estimate of drug-likeness (QED) is 0.668. The van der Waals surface area contributed by atoms with Crippen molar-refractivity contribution in [3.63, 3.8) is 0 Å². The van der Waals surface area contributed by atoms with Gasteiger partial charge < -0.3 is 0 Å². The summed E-state index contributed by atoms with van der Waals surface area (Å²) in [6.45, 7) is 29.1. The van der Waals surface area contributed by atoms with Gasteiger partial charge in [0.15, 0.2) is 0 Å². The molecule has 2 aliphatic heterocycles. The number of hydrogen-bond acceptors (Lipinski definition) is 2. The molecule has 0 aromatic rings. The van der Waals surface area contributed by atoms with E-state index in [1.807, 2.05) is 0 Å². The van der Waals surface area contributed by atoms with Crippen LogP contribution < -0.4 is 0 Å². The van der Waals surface area contributed by atoms with Crippen LogP contribution in [0.25, 0.3) is 0 Å². The second-order valence-corrected chi connectivity index (χ2v) is 11.5. The topological polar surface area (TPSA) is 6.48 Å². The Balaban J connectivity index is 2.94. The highest BCUT2D eigenvalue weighted by Gasteiger charge is 2.81. The number of likely N-dealkylation sites (N-methyl/N-ethyl adjacent to an activating group) is 2. The van der Waals surface area contributed by atoms with Crippen LogP contribution in [0.15, 0.2) is 0 Å². The maximum absolute atomic E-state index is 2.97. The average molecular weight is 383 g/mol. The molecule has 0 N–H and O–H groups in total. The van der Waals surface area contributed by atoms with Gasteiger partial charge in [-0.1, -0.05) is 13.8 Å². The van der Waals surface area contributed by atoms with Crippen molar-refractivity contribution in [2.75, 3.05) is 40.3 Å². The van der Waals surface area contributed by atoms with Crippen LogP contribution in [0.1, 0.15) is 82.1 Å². The van der Waals surface area contributed by atoms with Crippen molar-refractivity contribution in [1.29, 1.82) is 0 Å². The molecule has 0 bridgehead atoms. The molecule has 3 unspecified atom stereocenters. The average Bonchev–Trinajstić information content (AvgIpc) is 2.99. The molecular weight excluding hydrogens is 332 g/mol. The highest BCUT2D eigenvalue weighted by molar-refractivity contribution is 5.01. The van der Waals surface area contributed by atoms with Crippen molar-refractivity contribution in [3.8, 4) is 0 Å². The fourth-order valence-electron chi connectivity index (χ4n) is 6.80. The van der Waals surface area contributed by atoms with E-state index in [0.717, 1.165) is 8.97 Å². The molecule has 2 aliphatic rings. The summed E-state index contributed by atoms with van der Waals surface area (Å²) >= 11 is 0. The van der Waals surface area contributed by atoms with E-state index in [1.54, 1.807) is 0 Å². The lowest BCUT2D eigenvalue weighted by Crippen LogP contribution is -2.85. The molecule has 2 heterocycles. The van der Waals surface area contributed by atoms with Gasteiger partial charge in [-0.25, -0.2) is 8.97 Å². The lowest BCUT2D eigenvalue weighted by Gasteiger charge is -2.60. The molecule has 2 saturated heterocycles. The zero-order valence-corrected chi connectivity index (χ0v) is 20.7. The Labute approximate surface area is 170 Å². The smallest absolute Gasteiger partial charge is 0.244 e. The van der Waals surface area contributed by atoms with E-state index in [-0.39, 0.29) is 17.0 Å². The molecular formula is C23H50N4+2. The van der Waals surface area contributed by atoms with E-state index in [9.17, 15) is 0 Å². The van der Waals surface area contributed by atoms with Crippen LogP contribution in [0.5, 0.6) is 0 Å². The molecule has 0 amide bonds. The van der Waals surface area contributed by atoms with Crippen LogP contribution in [0.2, 0.25) is 0 Å². The lowest BCUT2D eigenvalue weighted by molar-refractivity contribution is -1.17. The highest BCUT2D eigenvalue weighted by Crippen LogP contribution is 2.56. The molecule has 2 rings (SSSR count). The van der Waals surface area contributed by atoms with E-state index in [4.69, 9.17) is 0 Å². The SMILES string of the molecule is CCC1C[N@@+](C)(CC)C2(N(C(C)(C)C)CC(CC)[N@@+]2(C)CC)N1C(C)(C)C. The predicted molar refractivity (Wildman–Crippen MR) is 117 cm³/mol. The molecule has 2 fully saturated rings. The van der Waals surface area contributed by atoms with Gasteiger partial charge in [0.1, 0.15) is 12.6 Å². The first kappa shape index (κ1) is 23.1. The van der Waals surface area contributed by atoms with Gasteiger partial charge in [0.05, 0.1) is 39.8 Å². The number of nitrogens with zero attached hydrogens (tertiary/aromatic N) is 4. The van der Waals surface area contributed by atoms with E-state index < -0.39 is 0 Å². The Morgan fingerprint density at radius 3 is 1.74 bits per heavy atom. The summed E-state index contributed by atoms with van der Waals surface area (Å²) in [5.74, 6) is -0.0125. The minimum Gasteiger partial charge on any atom is -0.244 e. The summed E-state index contributed by atoms with van der Waals surface area (Å²) in [7, 11) is 5.13. The van der Waals surface area contributed by atoms with Crippen molar-refractivity contribution < 1.29 is 8.97 Å². The van der Waals surface area contributed by atoms with Crippen molar-refractivity contribution in [2.45, 2.75) is 111 Å². The van der Waals surface area contributed by atoms with Crippen molar-refractivity contribution in [2.24, 2.45) is 0 Å². The minimum atomic E-state index is -0.0125. The standard InChI is InChI=1S/C23H50N4/c1-13-19-18-26(11,15-3)23(25(19)22(8,9)10)24(21(5,6)7)17-20(14-2)27(23,12)16-4/h19-20H,13-18H2,1-12H3/q+2/t19?,20?,23?,26-,27-/m1/s1. The highest BCUT2D eigenvalue weighted by atomic mass is 15.9. The summed E-state index contributed by atoms with van der Waals surface area (Å²) in [5.41, 5.74) is 0.270. The third kappa shape index (κ3) is 2.93. The van der Waals surface area contributed by atoms with Crippen molar-refractivity contribution in [3.05, 3.63) is 0 Å². The first-order chi connectivity index (χ1) is 12.2. The molecule has 4 heteroatoms. The molecule has 0 radical (unpaired) electrons. The van der Waals surface area contributed by atoms with Gasteiger partial charge in [0, 0.05) is 11.1 Å². The van der Waals surface area contributed by atoms with Gasteiger partial charge in [0.25, 0.3) is 0 Å². The van der Waals surface area contributed by atoms with Gasteiger partial charge >= 0.3 is 5.91 Å². The van der Waals surface area contributed by atoms with Gasteiger partial charge in [-0.2, -0.15) is 9.80 Å². The van der Waals surface area contributed by atoms with Crippen molar-refractivity contribution >= 4 is 0 Å². The molecule has 0 aromatic heterocycles. The first-order valence-electron chi connectivity index (χ1n) is 11.5. The Morgan fingerprint density at radius 2 is 1.41 bits per heavy atom. The van der Waals surface area contributed by atoms with Gasteiger partial charge in [-0.3, -0.25) is 0 Å². The normalized spacial score (nSPS) is 41.8. The Bertz CT molecular complexity index is 533. The van der Waals surface area contributed by atoms with Gasteiger partial charge in [0.2, 0.25) is 0 Å². The fraction of sp³-hybridized carbons (Fsp3) is 1.00. The van der Waals surface area contributed by atoms with Crippen LogP contribution in [-0.4, -0.2) is 88.1 Å². The minimum absolute atomic E-state index is 0.0125. The van der Waals surface area contributed by atoms with E-state index in [2.05, 4.69) is 93.1 Å². The zero-order chi connectivity index (χ0) is 21.1. The molecule has 160 valence electrons. The molecule has 0 saturated carbocycles. The van der Waals surface area contributed by atoms with Crippen LogP contribution in [0.3, 0.4) is 0 Å². The van der Waals surface area contributed by atoms with E-state index >= 15 is 0 Å². The summed E-state index contributed by atoms with van der Waals surface area (Å²) in [6, 6.07) is 1.30. The third-order valence-electron chi connectivity index (χ3n) is 8.10. The number of quaternary nitrogens is 2. The summed E-state index contributed by atoms with van der Waals surface area (Å²) in [4.78, 5) is 5.88. The summed E-state index contributed by atoms with van der Waals surface area (Å²) in [6.07, 6.45) is 2.47. The number of hydrogen-bond donors (Lipinski definition) is 0. The maximum atomic E-state index is 2.97. The Hall–Kier alpha value is -0.160. The van der Waals surface area contributed by atoms with E-state index in [0.29, 0.717) is 12.1 Å². The van der Waals surface area contributed by atoms with Gasteiger partial charge in [-0.05, 0) is 68.2 Å². The molecule has 4 nitrogen and oxygen atoms in total. The second kappa shape index (κ2) is 6.97. The fourth-order valence-corrected chi connectivity index (χ4v) is 6.80. The molecule has 0 aromatic carbocycles. The van der Waals surface area contributed by atoms with Gasteiger partial charge in [-0.15, -0.1) is 0 Å². The molecule has 5 atom stereocenters. The Kier molecular flexibility index (Phi) is 5.97. The number of rotatable bonds is 4. The van der Waals surface area contributed by atoms with Crippen LogP contribution in [0.4, 0.5) is 0 Å². The molecule has 1 spiro atoms. The molecule has 0 aliphatic carbocycles.